The summed E-state index contributed by atoms with van der Waals surface area (Å²) in [7, 11) is 0. The molecule has 1 heterocycles. The Hall–Kier alpha value is -0.770. The number of carbonyl (C=O) groups is 1. The number of urea groups is 1. The number of hydrogen-bond donors (Lipinski definition) is 3. The fourth-order valence-corrected chi connectivity index (χ4v) is 1.13. The van der Waals surface area contributed by atoms with Crippen LogP contribution in [0, 0.1) is 5.92 Å². The highest BCUT2D eigenvalue weighted by molar-refractivity contribution is 5.71. The molecule has 10 heavy (non-hydrogen) atoms. The van der Waals surface area contributed by atoms with Gasteiger partial charge in [0, 0.05) is 6.54 Å². The molecule has 1 aliphatic rings. The van der Waals surface area contributed by atoms with Gasteiger partial charge in [0.2, 0.25) is 0 Å². The summed E-state index contributed by atoms with van der Waals surface area (Å²) >= 11 is 0. The Morgan fingerprint density at radius 2 is 2.60 bits per heavy atom. The molecule has 4 N–H and O–H groups in total. The lowest BCUT2D eigenvalue weighted by atomic mass is 10.1. The Balaban J connectivity index is 2.07. The molecule has 0 unspecified atom stereocenters. The zero-order valence-corrected chi connectivity index (χ0v) is 5.89. The molecule has 1 fully saturated rings. The predicted octanol–water partition coefficient (Wildman–Crippen LogP) is -0.736. The Kier molecular flexibility index (Phi) is 2.50. The highest BCUT2D eigenvalue weighted by Gasteiger charge is 2.13. The molecule has 0 aromatic rings. The van der Waals surface area contributed by atoms with E-state index in [2.05, 4.69) is 10.6 Å². The minimum absolute atomic E-state index is 0.424. The van der Waals surface area contributed by atoms with Crippen molar-refractivity contribution in [3.05, 3.63) is 0 Å². The quantitative estimate of drug-likeness (QED) is 0.477. The van der Waals surface area contributed by atoms with E-state index >= 15 is 0 Å². The van der Waals surface area contributed by atoms with Gasteiger partial charge in [0.1, 0.15) is 0 Å². The second kappa shape index (κ2) is 3.41. The van der Waals surface area contributed by atoms with Crippen LogP contribution in [0.5, 0.6) is 0 Å². The monoisotopic (exact) mass is 143 g/mol. The average molecular weight is 143 g/mol. The largest absolute Gasteiger partial charge is 0.352 e. The first-order valence-electron chi connectivity index (χ1n) is 3.53. The molecule has 2 amide bonds. The minimum Gasteiger partial charge on any atom is -0.352 e. The van der Waals surface area contributed by atoms with Crippen LogP contribution in [0.15, 0.2) is 0 Å². The third kappa shape index (κ3) is 2.23. The molecular weight excluding hydrogens is 130 g/mol. The van der Waals surface area contributed by atoms with Gasteiger partial charge in [0.15, 0.2) is 0 Å². The summed E-state index contributed by atoms with van der Waals surface area (Å²) in [4.78, 5) is 10.2. The van der Waals surface area contributed by atoms with Gasteiger partial charge >= 0.3 is 6.03 Å². The van der Waals surface area contributed by atoms with Gasteiger partial charge in [0.25, 0.3) is 0 Å². The Morgan fingerprint density at radius 1 is 1.80 bits per heavy atom. The Labute approximate surface area is 60.2 Å². The summed E-state index contributed by atoms with van der Waals surface area (Å²) in [5.74, 6) is 0.576. The molecule has 0 saturated carbocycles. The summed E-state index contributed by atoms with van der Waals surface area (Å²) in [5.41, 5.74) is 4.90. The Morgan fingerprint density at radius 3 is 3.10 bits per heavy atom. The topological polar surface area (TPSA) is 67.2 Å². The van der Waals surface area contributed by atoms with Gasteiger partial charge in [-0.1, -0.05) is 0 Å². The van der Waals surface area contributed by atoms with Crippen molar-refractivity contribution < 1.29 is 4.79 Å². The van der Waals surface area contributed by atoms with E-state index in [0.717, 1.165) is 19.5 Å². The molecule has 0 aromatic heterocycles. The van der Waals surface area contributed by atoms with E-state index in [4.69, 9.17) is 5.73 Å². The lowest BCUT2D eigenvalue weighted by Gasteiger charge is -2.06. The van der Waals surface area contributed by atoms with Gasteiger partial charge < -0.3 is 16.4 Å². The number of amides is 2. The Bertz CT molecular complexity index is 120. The average Bonchev–Trinajstić information content (AvgIpc) is 2.34. The van der Waals surface area contributed by atoms with Crippen molar-refractivity contribution in [2.75, 3.05) is 19.6 Å². The maximum absolute atomic E-state index is 10.2. The molecule has 0 aliphatic carbocycles. The van der Waals surface area contributed by atoms with E-state index in [9.17, 15) is 4.79 Å². The van der Waals surface area contributed by atoms with Crippen molar-refractivity contribution in [3.8, 4) is 0 Å². The first-order chi connectivity index (χ1) is 4.79. The van der Waals surface area contributed by atoms with Gasteiger partial charge in [-0.25, -0.2) is 4.79 Å². The molecule has 0 bridgehead atoms. The van der Waals surface area contributed by atoms with Crippen molar-refractivity contribution >= 4 is 6.03 Å². The molecule has 1 rings (SSSR count). The molecule has 0 spiro atoms. The van der Waals surface area contributed by atoms with E-state index in [-0.39, 0.29) is 0 Å². The van der Waals surface area contributed by atoms with Crippen LogP contribution in [0.3, 0.4) is 0 Å². The van der Waals surface area contributed by atoms with Crippen molar-refractivity contribution in [2.24, 2.45) is 11.7 Å². The fraction of sp³-hybridized carbons (Fsp3) is 0.833. The normalized spacial score (nSPS) is 24.6. The van der Waals surface area contributed by atoms with Gasteiger partial charge in [-0.3, -0.25) is 0 Å². The maximum Gasteiger partial charge on any atom is 0.312 e. The molecule has 58 valence electrons. The zero-order valence-electron chi connectivity index (χ0n) is 5.89. The first-order valence-corrected chi connectivity index (χ1v) is 3.53. The lowest BCUT2D eigenvalue weighted by molar-refractivity contribution is 0.247. The highest BCUT2D eigenvalue weighted by Crippen LogP contribution is 2.04. The second-order valence-corrected chi connectivity index (χ2v) is 2.60. The molecule has 0 radical (unpaired) electrons. The van der Waals surface area contributed by atoms with E-state index in [1.54, 1.807) is 0 Å². The SMILES string of the molecule is NC(=O)NC[C@H]1CCNC1. The van der Waals surface area contributed by atoms with E-state index in [1.165, 1.54) is 0 Å². The summed E-state index contributed by atoms with van der Waals surface area (Å²) in [6.45, 7) is 2.77. The third-order valence-electron chi connectivity index (χ3n) is 1.73. The van der Waals surface area contributed by atoms with E-state index in [0.29, 0.717) is 12.5 Å². The smallest absolute Gasteiger partial charge is 0.312 e. The number of hydrogen-bond acceptors (Lipinski definition) is 2. The molecule has 4 heteroatoms. The molecule has 4 nitrogen and oxygen atoms in total. The van der Waals surface area contributed by atoms with Crippen molar-refractivity contribution in [1.29, 1.82) is 0 Å². The van der Waals surface area contributed by atoms with Crippen LogP contribution in [0.1, 0.15) is 6.42 Å². The summed E-state index contributed by atoms with van der Waals surface area (Å²) in [6.07, 6.45) is 1.14. The number of rotatable bonds is 2. The summed E-state index contributed by atoms with van der Waals surface area (Å²) in [5, 5.41) is 5.79. The number of nitrogens with one attached hydrogen (secondary N) is 2. The van der Waals surface area contributed by atoms with Crippen LogP contribution >= 0.6 is 0 Å². The van der Waals surface area contributed by atoms with Gasteiger partial charge in [-0.2, -0.15) is 0 Å². The first kappa shape index (κ1) is 7.34. The van der Waals surface area contributed by atoms with E-state index in [1.807, 2.05) is 0 Å². The molecular formula is C6H13N3O. The fourth-order valence-electron chi connectivity index (χ4n) is 1.13. The predicted molar refractivity (Wildman–Crippen MR) is 38.6 cm³/mol. The number of nitrogens with two attached hydrogens (primary N) is 1. The van der Waals surface area contributed by atoms with Crippen molar-refractivity contribution in [3.63, 3.8) is 0 Å². The van der Waals surface area contributed by atoms with Crippen LogP contribution < -0.4 is 16.4 Å². The van der Waals surface area contributed by atoms with Crippen LogP contribution in [-0.4, -0.2) is 25.7 Å². The standard InChI is InChI=1S/C6H13N3O/c7-6(10)9-4-5-1-2-8-3-5/h5,8H,1-4H2,(H3,7,9,10)/t5-/m0/s1. The molecule has 0 aromatic carbocycles. The zero-order chi connectivity index (χ0) is 7.40. The molecule has 1 aliphatic heterocycles. The van der Waals surface area contributed by atoms with Crippen LogP contribution in [0.2, 0.25) is 0 Å². The third-order valence-corrected chi connectivity index (χ3v) is 1.73. The lowest BCUT2D eigenvalue weighted by Crippen LogP contribution is -2.34. The summed E-state index contributed by atoms with van der Waals surface area (Å²) < 4.78 is 0. The van der Waals surface area contributed by atoms with Crippen LogP contribution in [0.4, 0.5) is 4.79 Å². The van der Waals surface area contributed by atoms with Crippen molar-refractivity contribution in [1.82, 2.24) is 10.6 Å². The van der Waals surface area contributed by atoms with Crippen molar-refractivity contribution in [2.45, 2.75) is 6.42 Å². The highest BCUT2D eigenvalue weighted by atomic mass is 16.2. The summed E-state index contributed by atoms with van der Waals surface area (Å²) in [6, 6.07) is -0.424. The van der Waals surface area contributed by atoms with E-state index < -0.39 is 6.03 Å². The minimum atomic E-state index is -0.424. The molecule has 1 atom stereocenters. The van der Waals surface area contributed by atoms with Gasteiger partial charge in [-0.05, 0) is 25.4 Å². The molecule has 1 saturated heterocycles. The number of primary amides is 1. The maximum atomic E-state index is 10.2. The van der Waals surface area contributed by atoms with Gasteiger partial charge in [0.05, 0.1) is 0 Å². The second-order valence-electron chi connectivity index (χ2n) is 2.60. The van der Waals surface area contributed by atoms with Crippen LogP contribution in [0.25, 0.3) is 0 Å². The van der Waals surface area contributed by atoms with Crippen LogP contribution in [-0.2, 0) is 0 Å². The van der Waals surface area contributed by atoms with Gasteiger partial charge in [-0.15, -0.1) is 0 Å². The number of carbonyl (C=O) groups excluding carboxylic acids is 1.